The Labute approximate surface area is 243 Å². The summed E-state index contributed by atoms with van der Waals surface area (Å²) in [6.45, 7) is 2.60. The van der Waals surface area contributed by atoms with Crippen LogP contribution in [0.1, 0.15) is 18.1 Å². The Bertz CT molecular complexity index is 1450. The van der Waals surface area contributed by atoms with Gasteiger partial charge in [-0.1, -0.05) is 58.6 Å². The van der Waals surface area contributed by atoms with Gasteiger partial charge in [0.2, 0.25) is 11.8 Å². The van der Waals surface area contributed by atoms with Crippen LogP contribution in [0.4, 0.5) is 5.69 Å². The first-order valence-corrected chi connectivity index (χ1v) is 14.3. The van der Waals surface area contributed by atoms with Gasteiger partial charge in [-0.05, 0) is 56.3 Å². The van der Waals surface area contributed by atoms with Crippen molar-refractivity contribution in [3.63, 3.8) is 0 Å². The highest BCUT2D eigenvalue weighted by Crippen LogP contribution is 2.33. The molecule has 0 aliphatic carbocycles. The SMILES string of the molecule is CNC(=O)[C@@H](C)N(Cc1c(Cl)cccc1Cl)C(=O)CN(c1ccc(OC)c(Cl)c1)S(=O)(=O)c1ccc(C)cc1. The lowest BCUT2D eigenvalue weighted by Gasteiger charge is -2.32. The number of aryl methyl sites for hydroxylation is 1. The Morgan fingerprint density at radius 3 is 2.13 bits per heavy atom. The molecule has 0 fully saturated rings. The van der Waals surface area contributed by atoms with E-state index in [-0.39, 0.29) is 22.2 Å². The van der Waals surface area contributed by atoms with Crippen LogP contribution in [0.2, 0.25) is 15.1 Å². The van der Waals surface area contributed by atoms with Crippen LogP contribution in [0.5, 0.6) is 5.75 Å². The minimum Gasteiger partial charge on any atom is -0.495 e. The number of rotatable bonds is 10. The average Bonchev–Trinajstić information content (AvgIpc) is 2.90. The molecule has 0 aliphatic rings. The number of ether oxygens (including phenoxy) is 1. The van der Waals surface area contributed by atoms with Gasteiger partial charge in [-0.25, -0.2) is 8.42 Å². The molecule has 0 unspecified atom stereocenters. The number of methoxy groups -OCH3 is 1. The normalized spacial score (nSPS) is 12.0. The summed E-state index contributed by atoms with van der Waals surface area (Å²) in [5, 5.41) is 3.28. The first kappa shape index (κ1) is 30.6. The molecule has 0 saturated heterocycles. The predicted molar refractivity (Wildman–Crippen MR) is 154 cm³/mol. The highest BCUT2D eigenvalue weighted by molar-refractivity contribution is 7.92. The van der Waals surface area contributed by atoms with Crippen LogP contribution in [0.25, 0.3) is 0 Å². The quantitative estimate of drug-likeness (QED) is 0.334. The number of carbonyl (C=O) groups excluding carboxylic acids is 2. The first-order valence-electron chi connectivity index (χ1n) is 11.8. The highest BCUT2D eigenvalue weighted by Gasteiger charge is 2.33. The fourth-order valence-electron chi connectivity index (χ4n) is 3.82. The summed E-state index contributed by atoms with van der Waals surface area (Å²) >= 11 is 19.0. The van der Waals surface area contributed by atoms with Gasteiger partial charge < -0.3 is 15.0 Å². The number of carbonyl (C=O) groups is 2. The molecule has 3 aromatic rings. The summed E-state index contributed by atoms with van der Waals surface area (Å²) in [7, 11) is -1.37. The second-order valence-corrected chi connectivity index (χ2v) is 11.7. The Morgan fingerprint density at radius 1 is 0.974 bits per heavy atom. The zero-order valence-corrected chi connectivity index (χ0v) is 24.8. The summed E-state index contributed by atoms with van der Waals surface area (Å²) in [5.41, 5.74) is 1.43. The number of nitrogens with one attached hydrogen (secondary N) is 1. The Hall–Kier alpha value is -2.98. The standard InChI is InChI=1S/C27H28Cl3N3O5S/c1-17-8-11-20(12-9-17)39(36,37)33(19-10-13-25(38-4)24(30)14-19)16-26(34)32(18(2)27(35)31-3)15-21-22(28)6-5-7-23(21)29/h5-14,18H,15-16H2,1-4H3,(H,31,35)/t18-/m1/s1. The Balaban J connectivity index is 2.10. The van der Waals surface area contributed by atoms with E-state index in [1.807, 2.05) is 6.92 Å². The van der Waals surface area contributed by atoms with Gasteiger partial charge in [-0.15, -0.1) is 0 Å². The van der Waals surface area contributed by atoms with Gasteiger partial charge in [0.1, 0.15) is 18.3 Å². The van der Waals surface area contributed by atoms with Crippen LogP contribution < -0.4 is 14.4 Å². The number of sulfonamides is 1. The first-order chi connectivity index (χ1) is 18.4. The van der Waals surface area contributed by atoms with Crippen molar-refractivity contribution in [1.82, 2.24) is 10.2 Å². The molecule has 39 heavy (non-hydrogen) atoms. The van der Waals surface area contributed by atoms with Crippen molar-refractivity contribution in [2.24, 2.45) is 0 Å². The van der Waals surface area contributed by atoms with Crippen LogP contribution in [0, 0.1) is 6.92 Å². The molecule has 0 spiro atoms. The van der Waals surface area contributed by atoms with Gasteiger partial charge in [0.25, 0.3) is 10.0 Å². The van der Waals surface area contributed by atoms with Crippen molar-refractivity contribution < 1.29 is 22.7 Å². The lowest BCUT2D eigenvalue weighted by Crippen LogP contribution is -2.50. The van der Waals surface area contributed by atoms with E-state index in [4.69, 9.17) is 39.5 Å². The molecule has 0 bridgehead atoms. The predicted octanol–water partition coefficient (Wildman–Crippen LogP) is 5.32. The molecule has 0 aliphatic heterocycles. The van der Waals surface area contributed by atoms with E-state index in [1.165, 1.54) is 56.3 Å². The maximum absolute atomic E-state index is 13.9. The van der Waals surface area contributed by atoms with E-state index >= 15 is 0 Å². The van der Waals surface area contributed by atoms with Gasteiger partial charge in [-0.2, -0.15) is 0 Å². The second kappa shape index (κ2) is 12.9. The fourth-order valence-corrected chi connectivity index (χ4v) is 6.00. The molecule has 0 aromatic heterocycles. The summed E-state index contributed by atoms with van der Waals surface area (Å²) in [6, 6.07) is 14.5. The third-order valence-corrected chi connectivity index (χ3v) is 8.91. The lowest BCUT2D eigenvalue weighted by molar-refractivity contribution is -0.139. The van der Waals surface area contributed by atoms with Gasteiger partial charge in [0.05, 0.1) is 22.7 Å². The van der Waals surface area contributed by atoms with Crippen LogP contribution in [0.3, 0.4) is 0 Å². The topological polar surface area (TPSA) is 96.0 Å². The van der Waals surface area contributed by atoms with E-state index in [1.54, 1.807) is 30.3 Å². The second-order valence-electron chi connectivity index (χ2n) is 8.66. The van der Waals surface area contributed by atoms with Crippen molar-refractivity contribution in [3.8, 4) is 5.75 Å². The monoisotopic (exact) mass is 611 g/mol. The van der Waals surface area contributed by atoms with E-state index < -0.39 is 34.4 Å². The lowest BCUT2D eigenvalue weighted by atomic mass is 10.1. The number of benzene rings is 3. The molecule has 12 heteroatoms. The Morgan fingerprint density at radius 2 is 1.59 bits per heavy atom. The summed E-state index contributed by atoms with van der Waals surface area (Å²) in [5.74, 6) is -0.778. The number of hydrogen-bond donors (Lipinski definition) is 1. The van der Waals surface area contributed by atoms with Crippen molar-refractivity contribution in [2.45, 2.75) is 31.3 Å². The zero-order valence-electron chi connectivity index (χ0n) is 21.7. The molecule has 0 radical (unpaired) electrons. The molecule has 8 nitrogen and oxygen atoms in total. The van der Waals surface area contributed by atoms with Crippen LogP contribution in [0.15, 0.2) is 65.6 Å². The number of amides is 2. The van der Waals surface area contributed by atoms with Crippen molar-refractivity contribution in [1.29, 1.82) is 0 Å². The minimum atomic E-state index is -4.24. The molecule has 3 aromatic carbocycles. The molecule has 1 N–H and O–H groups in total. The minimum absolute atomic E-state index is 0.0205. The molecule has 0 saturated carbocycles. The van der Waals surface area contributed by atoms with E-state index in [2.05, 4.69) is 5.32 Å². The number of anilines is 1. The van der Waals surface area contributed by atoms with Crippen LogP contribution in [-0.2, 0) is 26.2 Å². The fraction of sp³-hybridized carbons (Fsp3) is 0.259. The van der Waals surface area contributed by atoms with Crippen molar-refractivity contribution in [2.75, 3.05) is 25.0 Å². The van der Waals surface area contributed by atoms with E-state index in [0.717, 1.165) is 9.87 Å². The summed E-state index contributed by atoms with van der Waals surface area (Å²) in [6.07, 6.45) is 0. The van der Waals surface area contributed by atoms with E-state index in [0.29, 0.717) is 21.4 Å². The molecule has 3 rings (SSSR count). The molecular formula is C27H28Cl3N3O5S. The van der Waals surface area contributed by atoms with Gasteiger partial charge in [-0.3, -0.25) is 13.9 Å². The molecule has 1 atom stereocenters. The highest BCUT2D eigenvalue weighted by atomic mass is 35.5. The van der Waals surface area contributed by atoms with Crippen molar-refractivity contribution >= 4 is 62.3 Å². The number of halogens is 3. The number of likely N-dealkylation sites (N-methyl/N-ethyl adjacent to an activating group) is 1. The smallest absolute Gasteiger partial charge is 0.264 e. The molecule has 0 heterocycles. The summed E-state index contributed by atoms with van der Waals surface area (Å²) in [4.78, 5) is 27.7. The summed E-state index contributed by atoms with van der Waals surface area (Å²) < 4.78 is 33.9. The Kier molecular flexibility index (Phi) is 10.1. The number of nitrogens with zero attached hydrogens (tertiary/aromatic N) is 2. The van der Waals surface area contributed by atoms with E-state index in [9.17, 15) is 18.0 Å². The largest absolute Gasteiger partial charge is 0.495 e. The maximum Gasteiger partial charge on any atom is 0.264 e. The number of hydrogen-bond acceptors (Lipinski definition) is 5. The van der Waals surface area contributed by atoms with Crippen LogP contribution >= 0.6 is 34.8 Å². The maximum atomic E-state index is 13.9. The van der Waals surface area contributed by atoms with Crippen LogP contribution in [-0.4, -0.2) is 51.9 Å². The average molecular weight is 613 g/mol. The third kappa shape index (κ3) is 6.97. The van der Waals surface area contributed by atoms with Gasteiger partial charge in [0.15, 0.2) is 0 Å². The van der Waals surface area contributed by atoms with Gasteiger partial charge >= 0.3 is 0 Å². The zero-order chi connectivity index (χ0) is 28.9. The third-order valence-electron chi connectivity index (χ3n) is 6.12. The molecule has 2 amide bonds. The molecular weight excluding hydrogens is 585 g/mol. The van der Waals surface area contributed by atoms with Gasteiger partial charge in [0, 0.05) is 29.2 Å². The van der Waals surface area contributed by atoms with Crippen molar-refractivity contribution in [3.05, 3.63) is 86.9 Å². The molecule has 208 valence electrons.